The Balaban J connectivity index is 4.02. The van der Waals surface area contributed by atoms with Gasteiger partial charge in [-0.3, -0.25) is 4.79 Å². The van der Waals surface area contributed by atoms with E-state index in [0.717, 1.165) is 0 Å². The molecule has 9 heteroatoms. The number of aliphatic hydroxyl groups excluding tert-OH is 1. The van der Waals surface area contributed by atoms with Crippen LogP contribution in [0.5, 0.6) is 0 Å². The molecule has 8 nitrogen and oxygen atoms in total. The normalized spacial score (nSPS) is 13.1. The maximum Gasteiger partial charge on any atom is 0.332 e. The molecule has 0 bridgehead atoms. The summed E-state index contributed by atoms with van der Waals surface area (Å²) in [5.74, 6) is -3.15. The first-order chi connectivity index (χ1) is 7.78. The average Bonchev–Trinajstić information content (AvgIpc) is 2.16. The summed E-state index contributed by atoms with van der Waals surface area (Å²) in [6.07, 6.45) is -1.92. The molecule has 0 heterocycles. The second-order valence-electron chi connectivity index (χ2n) is 3.10. The van der Waals surface area contributed by atoms with Crippen molar-refractivity contribution in [1.82, 2.24) is 4.72 Å². The molecule has 0 saturated heterocycles. The molecule has 0 aromatic heterocycles. The second-order valence-corrected chi connectivity index (χ2v) is 4.91. The first-order valence-electron chi connectivity index (χ1n) is 4.82. The molecule has 0 aliphatic carbocycles. The van der Waals surface area contributed by atoms with Crippen LogP contribution >= 0.6 is 0 Å². The summed E-state index contributed by atoms with van der Waals surface area (Å²) in [7, 11) is -3.85. The lowest BCUT2D eigenvalue weighted by atomic mass is 10.3. The monoisotopic (exact) mass is 269 g/mol. The summed E-state index contributed by atoms with van der Waals surface area (Å²) in [5, 5.41) is 17.2. The molecule has 3 N–H and O–H groups in total. The second kappa shape index (κ2) is 7.20. The number of hydrogen-bond acceptors (Lipinski definition) is 6. The van der Waals surface area contributed by atoms with Crippen LogP contribution in [0.3, 0.4) is 0 Å². The van der Waals surface area contributed by atoms with Crippen molar-refractivity contribution in [2.75, 3.05) is 18.9 Å². The van der Waals surface area contributed by atoms with Crippen molar-refractivity contribution in [2.24, 2.45) is 0 Å². The largest absolute Gasteiger partial charge is 0.479 e. The summed E-state index contributed by atoms with van der Waals surface area (Å²) < 4.78 is 28.9. The Morgan fingerprint density at radius 2 is 2.00 bits per heavy atom. The van der Waals surface area contributed by atoms with E-state index in [1.165, 1.54) is 0 Å². The first kappa shape index (κ1) is 15.8. The fourth-order valence-corrected chi connectivity index (χ4v) is 1.81. The Labute approximate surface area is 98.6 Å². The highest BCUT2D eigenvalue weighted by Crippen LogP contribution is 1.93. The van der Waals surface area contributed by atoms with Crippen molar-refractivity contribution >= 4 is 22.0 Å². The Hall–Kier alpha value is -1.19. The molecule has 0 amide bonds. The number of carbonyl (C=O) groups excluding carboxylic acids is 1. The van der Waals surface area contributed by atoms with Gasteiger partial charge in [-0.1, -0.05) is 0 Å². The Kier molecular flexibility index (Phi) is 6.69. The van der Waals surface area contributed by atoms with Gasteiger partial charge in [0, 0.05) is 6.54 Å². The van der Waals surface area contributed by atoms with E-state index in [2.05, 4.69) is 4.74 Å². The number of carboxylic acid groups (broad SMARTS) is 1. The molecule has 0 aliphatic heterocycles. The van der Waals surface area contributed by atoms with Gasteiger partial charge in [-0.2, -0.15) is 0 Å². The van der Waals surface area contributed by atoms with Gasteiger partial charge in [0.05, 0.1) is 6.61 Å². The SMILES string of the molecule is CCOC(=O)CS(=O)(=O)NCCC(O)C(=O)O. The molecule has 0 aromatic rings. The van der Waals surface area contributed by atoms with Gasteiger partial charge in [0.15, 0.2) is 11.9 Å². The minimum atomic E-state index is -3.85. The molecule has 0 fully saturated rings. The zero-order chi connectivity index (χ0) is 13.5. The number of carbonyl (C=O) groups is 2. The van der Waals surface area contributed by atoms with Crippen molar-refractivity contribution in [1.29, 1.82) is 0 Å². The van der Waals surface area contributed by atoms with Crippen LogP contribution in [0.15, 0.2) is 0 Å². The number of nitrogens with one attached hydrogen (secondary N) is 1. The van der Waals surface area contributed by atoms with E-state index in [9.17, 15) is 18.0 Å². The van der Waals surface area contributed by atoms with E-state index < -0.39 is 33.8 Å². The lowest BCUT2D eigenvalue weighted by Gasteiger charge is -2.07. The lowest BCUT2D eigenvalue weighted by Crippen LogP contribution is -2.34. The van der Waals surface area contributed by atoms with Crippen LogP contribution in [-0.4, -0.2) is 55.6 Å². The third-order valence-electron chi connectivity index (χ3n) is 1.64. The van der Waals surface area contributed by atoms with E-state index >= 15 is 0 Å². The van der Waals surface area contributed by atoms with E-state index in [1.54, 1.807) is 6.92 Å². The number of carboxylic acids is 1. The molecule has 0 radical (unpaired) electrons. The summed E-state index contributed by atoms with van der Waals surface area (Å²) >= 11 is 0. The van der Waals surface area contributed by atoms with Gasteiger partial charge < -0.3 is 14.9 Å². The van der Waals surface area contributed by atoms with Crippen LogP contribution in [0.25, 0.3) is 0 Å². The summed E-state index contributed by atoms with van der Waals surface area (Å²) in [6.45, 7) is 1.35. The molecule has 0 spiro atoms. The number of hydrogen-bond donors (Lipinski definition) is 3. The van der Waals surface area contributed by atoms with E-state index in [0.29, 0.717) is 0 Å². The predicted molar refractivity (Wildman–Crippen MR) is 56.7 cm³/mol. The Morgan fingerprint density at radius 1 is 1.41 bits per heavy atom. The van der Waals surface area contributed by atoms with Gasteiger partial charge in [-0.05, 0) is 13.3 Å². The highest BCUT2D eigenvalue weighted by molar-refractivity contribution is 7.90. The van der Waals surface area contributed by atoms with Crippen molar-refractivity contribution in [2.45, 2.75) is 19.4 Å². The minimum Gasteiger partial charge on any atom is -0.479 e. The maximum atomic E-state index is 11.2. The number of aliphatic carboxylic acids is 1. The molecular formula is C8H15NO7S. The highest BCUT2D eigenvalue weighted by atomic mass is 32.2. The van der Waals surface area contributed by atoms with Crippen LogP contribution in [0, 0.1) is 0 Å². The average molecular weight is 269 g/mol. The topological polar surface area (TPSA) is 130 Å². The fraction of sp³-hybridized carbons (Fsp3) is 0.750. The van der Waals surface area contributed by atoms with Crippen LogP contribution < -0.4 is 4.72 Å². The van der Waals surface area contributed by atoms with Crippen molar-refractivity contribution in [3.05, 3.63) is 0 Å². The van der Waals surface area contributed by atoms with Gasteiger partial charge >= 0.3 is 11.9 Å². The molecule has 100 valence electrons. The maximum absolute atomic E-state index is 11.2. The van der Waals surface area contributed by atoms with Crippen LogP contribution in [0.4, 0.5) is 0 Å². The number of rotatable bonds is 8. The fourth-order valence-electron chi connectivity index (χ4n) is 0.883. The van der Waals surface area contributed by atoms with Crippen molar-refractivity contribution < 1.29 is 33.0 Å². The molecule has 0 saturated carbocycles. The quantitative estimate of drug-likeness (QED) is 0.448. The van der Waals surface area contributed by atoms with Gasteiger partial charge in [0.2, 0.25) is 10.0 Å². The zero-order valence-corrected chi connectivity index (χ0v) is 10.1. The van der Waals surface area contributed by atoms with E-state index in [1.807, 2.05) is 4.72 Å². The van der Waals surface area contributed by atoms with Gasteiger partial charge in [-0.25, -0.2) is 17.9 Å². The van der Waals surface area contributed by atoms with Gasteiger partial charge in [0.25, 0.3) is 0 Å². The number of sulfonamides is 1. The van der Waals surface area contributed by atoms with Gasteiger partial charge in [-0.15, -0.1) is 0 Å². The Bertz CT molecular complexity index is 364. The smallest absolute Gasteiger partial charge is 0.332 e. The van der Waals surface area contributed by atoms with Crippen molar-refractivity contribution in [3.8, 4) is 0 Å². The molecule has 1 unspecified atom stereocenters. The Morgan fingerprint density at radius 3 is 2.47 bits per heavy atom. The molecular weight excluding hydrogens is 254 g/mol. The minimum absolute atomic E-state index is 0.0755. The van der Waals surface area contributed by atoms with Gasteiger partial charge in [0.1, 0.15) is 0 Å². The third-order valence-corrected chi connectivity index (χ3v) is 2.90. The molecule has 0 aromatic carbocycles. The number of esters is 1. The molecule has 17 heavy (non-hydrogen) atoms. The van der Waals surface area contributed by atoms with Crippen LogP contribution in [-0.2, 0) is 24.3 Å². The summed E-state index contributed by atoms with van der Waals surface area (Å²) in [4.78, 5) is 21.1. The van der Waals surface area contributed by atoms with E-state index in [4.69, 9.17) is 10.2 Å². The van der Waals surface area contributed by atoms with Crippen molar-refractivity contribution in [3.63, 3.8) is 0 Å². The van der Waals surface area contributed by atoms with E-state index in [-0.39, 0.29) is 19.6 Å². The van der Waals surface area contributed by atoms with Crippen LogP contribution in [0.1, 0.15) is 13.3 Å². The third kappa shape index (κ3) is 7.66. The zero-order valence-electron chi connectivity index (χ0n) is 9.25. The lowest BCUT2D eigenvalue weighted by molar-refractivity contribution is -0.146. The van der Waals surface area contributed by atoms with Crippen LogP contribution in [0.2, 0.25) is 0 Å². The molecule has 0 aliphatic rings. The summed E-state index contributed by atoms with van der Waals surface area (Å²) in [5.41, 5.74) is 0. The predicted octanol–water partition coefficient (Wildman–Crippen LogP) is -1.70. The number of ether oxygens (including phenoxy) is 1. The summed E-state index contributed by atoms with van der Waals surface area (Å²) in [6, 6.07) is 0. The molecule has 0 rings (SSSR count). The highest BCUT2D eigenvalue weighted by Gasteiger charge is 2.18. The first-order valence-corrected chi connectivity index (χ1v) is 6.47. The standard InChI is InChI=1S/C8H15NO7S/c1-2-16-7(11)5-17(14,15)9-4-3-6(10)8(12)13/h6,9-10H,2-5H2,1H3,(H,12,13). The molecule has 1 atom stereocenters. The number of aliphatic hydroxyl groups is 1.